The highest BCUT2D eigenvalue weighted by Gasteiger charge is 2.10. The molecule has 0 fully saturated rings. The van der Waals surface area contributed by atoms with E-state index in [0.29, 0.717) is 24.5 Å². The minimum Gasteiger partial charge on any atom is -0.489 e. The molecule has 266 valence electrons. The zero-order valence-electron chi connectivity index (χ0n) is 28.9. The summed E-state index contributed by atoms with van der Waals surface area (Å²) < 4.78 is 45.3. The van der Waals surface area contributed by atoms with Gasteiger partial charge in [0, 0.05) is 50.1 Å². The number of ether oxygens (including phenoxy) is 3. The molecule has 0 aliphatic heterocycles. The maximum absolute atomic E-state index is 14.7. The molecule has 0 spiro atoms. The fourth-order valence-electron chi connectivity index (χ4n) is 4.91. The molecule has 0 aliphatic carbocycles. The number of carbonyl (C=O) groups is 2. The van der Waals surface area contributed by atoms with E-state index in [1.54, 1.807) is 11.8 Å². The van der Waals surface area contributed by atoms with Crippen LogP contribution in [-0.4, -0.2) is 36.7 Å². The number of carbonyl (C=O) groups excluding carboxylic acids is 2. The zero-order valence-corrected chi connectivity index (χ0v) is 30.5. The van der Waals surface area contributed by atoms with E-state index in [1.165, 1.54) is 0 Å². The Labute approximate surface area is 316 Å². The van der Waals surface area contributed by atoms with Gasteiger partial charge in [0.25, 0.3) is 0 Å². The molecular formula is C44H34F2O5S2. The molecule has 0 N–H and O–H groups in total. The molecule has 0 atom stereocenters. The van der Waals surface area contributed by atoms with Crippen LogP contribution in [0.25, 0.3) is 10.8 Å². The number of thioether (sulfide) groups is 2. The van der Waals surface area contributed by atoms with E-state index >= 15 is 0 Å². The van der Waals surface area contributed by atoms with Crippen molar-refractivity contribution in [2.75, 3.05) is 24.7 Å². The third-order valence-corrected chi connectivity index (χ3v) is 9.64. The fourth-order valence-corrected chi connectivity index (χ4v) is 6.41. The van der Waals surface area contributed by atoms with Gasteiger partial charge in [0.2, 0.25) is 0 Å². The van der Waals surface area contributed by atoms with Gasteiger partial charge in [-0.3, -0.25) is 0 Å². The van der Waals surface area contributed by atoms with Crippen molar-refractivity contribution < 1.29 is 32.6 Å². The van der Waals surface area contributed by atoms with Gasteiger partial charge in [-0.25, -0.2) is 18.4 Å². The second-order valence-electron chi connectivity index (χ2n) is 11.3. The van der Waals surface area contributed by atoms with Crippen LogP contribution in [0.15, 0.2) is 126 Å². The van der Waals surface area contributed by atoms with E-state index in [0.717, 1.165) is 79.7 Å². The van der Waals surface area contributed by atoms with Crippen LogP contribution in [0.5, 0.6) is 5.75 Å². The molecule has 0 radical (unpaired) electrons. The standard InChI is InChI=1S/C44H34F2O5S2/c1-4-43(47)49-22-24-52-37-18-13-32(14-19-37)6-9-33-15-20-38-30(3)41(21-17-35(38)26-33)51-29-34-10-7-31(8-11-34)12-16-36-27-40(46)42(28-39(36)45)53-25-23-50-44(48)5-2/h4-5,7-8,10-11,13-15,17-21,26-28H,1-2,22-25,29H2,3H3. The first-order valence-electron chi connectivity index (χ1n) is 16.4. The van der Waals surface area contributed by atoms with Gasteiger partial charge in [0.15, 0.2) is 0 Å². The summed E-state index contributed by atoms with van der Waals surface area (Å²) in [7, 11) is 0. The molecule has 0 aromatic heterocycles. The largest absolute Gasteiger partial charge is 0.489 e. The average Bonchev–Trinajstić information content (AvgIpc) is 3.18. The van der Waals surface area contributed by atoms with Gasteiger partial charge in [-0.2, -0.15) is 0 Å². The minimum absolute atomic E-state index is 0.0489. The van der Waals surface area contributed by atoms with Crippen molar-refractivity contribution in [3.8, 4) is 29.4 Å². The number of fused-ring (bicyclic) bond motifs is 1. The molecule has 0 bridgehead atoms. The lowest BCUT2D eigenvalue weighted by Gasteiger charge is -2.12. The van der Waals surface area contributed by atoms with E-state index in [-0.39, 0.29) is 22.8 Å². The summed E-state index contributed by atoms with van der Waals surface area (Å²) in [6, 6.07) is 27.6. The van der Waals surface area contributed by atoms with Crippen LogP contribution in [0.2, 0.25) is 0 Å². The molecule has 0 aliphatic rings. The highest BCUT2D eigenvalue weighted by Crippen LogP contribution is 2.29. The first kappa shape index (κ1) is 38.5. The van der Waals surface area contributed by atoms with Crippen LogP contribution in [-0.2, 0) is 25.7 Å². The summed E-state index contributed by atoms with van der Waals surface area (Å²) in [5.41, 5.74) is 4.35. The summed E-state index contributed by atoms with van der Waals surface area (Å²) in [6.07, 6.45) is 2.20. The molecule has 9 heteroatoms. The highest BCUT2D eigenvalue weighted by atomic mass is 32.2. The lowest BCUT2D eigenvalue weighted by atomic mass is 10.0. The van der Waals surface area contributed by atoms with Crippen molar-refractivity contribution in [1.29, 1.82) is 0 Å². The Bertz CT molecular complexity index is 2260. The zero-order chi connectivity index (χ0) is 37.6. The van der Waals surface area contributed by atoms with E-state index in [4.69, 9.17) is 14.2 Å². The van der Waals surface area contributed by atoms with Gasteiger partial charge in [-0.1, -0.05) is 61.1 Å². The first-order chi connectivity index (χ1) is 25.7. The van der Waals surface area contributed by atoms with E-state index in [2.05, 4.69) is 49.0 Å². The van der Waals surface area contributed by atoms with E-state index in [1.807, 2.05) is 73.7 Å². The average molecular weight is 745 g/mol. The molecule has 53 heavy (non-hydrogen) atoms. The highest BCUT2D eigenvalue weighted by molar-refractivity contribution is 7.99. The number of aryl methyl sites for hydroxylation is 1. The summed E-state index contributed by atoms with van der Waals surface area (Å²) in [6.45, 7) is 9.45. The Morgan fingerprint density at radius 3 is 1.98 bits per heavy atom. The summed E-state index contributed by atoms with van der Waals surface area (Å²) >= 11 is 2.65. The van der Waals surface area contributed by atoms with Crippen LogP contribution in [0.3, 0.4) is 0 Å². The summed E-state index contributed by atoms with van der Waals surface area (Å²) in [5.74, 6) is 11.6. The lowest BCUT2D eigenvalue weighted by molar-refractivity contribution is -0.138. The molecule has 0 unspecified atom stereocenters. The van der Waals surface area contributed by atoms with Gasteiger partial charge >= 0.3 is 11.9 Å². The van der Waals surface area contributed by atoms with Gasteiger partial charge in [0.05, 0.1) is 5.56 Å². The SMILES string of the molecule is C=CC(=O)OCCSc1ccc(C#Cc2ccc3c(C)c(OCc4ccc(C#Cc5cc(F)c(SCCOC(=O)C=C)cc5F)cc4)ccc3c2)cc1. The van der Waals surface area contributed by atoms with Crippen molar-refractivity contribution in [2.45, 2.75) is 23.3 Å². The normalized spacial score (nSPS) is 10.3. The number of esters is 2. The molecule has 5 aromatic carbocycles. The number of halogens is 2. The minimum atomic E-state index is -0.634. The second-order valence-corrected chi connectivity index (χ2v) is 13.6. The number of hydrogen-bond acceptors (Lipinski definition) is 7. The van der Waals surface area contributed by atoms with Gasteiger partial charge in [0.1, 0.15) is 37.2 Å². The quantitative estimate of drug-likeness (QED) is 0.0392. The maximum atomic E-state index is 14.7. The maximum Gasteiger partial charge on any atom is 0.330 e. The smallest absolute Gasteiger partial charge is 0.330 e. The van der Waals surface area contributed by atoms with E-state index < -0.39 is 23.6 Å². The lowest BCUT2D eigenvalue weighted by Crippen LogP contribution is -2.03. The molecule has 0 heterocycles. The fraction of sp³-hybridized carbons (Fsp3) is 0.136. The Morgan fingerprint density at radius 2 is 1.30 bits per heavy atom. The van der Waals surface area contributed by atoms with Crippen LogP contribution in [0.1, 0.15) is 33.4 Å². The third kappa shape index (κ3) is 11.4. The monoisotopic (exact) mass is 744 g/mol. The van der Waals surface area contributed by atoms with E-state index in [9.17, 15) is 18.4 Å². The van der Waals surface area contributed by atoms with Crippen molar-refractivity contribution in [3.05, 3.63) is 161 Å². The molecule has 0 saturated carbocycles. The van der Waals surface area contributed by atoms with Crippen molar-refractivity contribution in [2.24, 2.45) is 0 Å². The molecule has 5 rings (SSSR count). The van der Waals surface area contributed by atoms with Gasteiger partial charge in [-0.05, 0) is 95.6 Å². The van der Waals surface area contributed by atoms with Crippen LogP contribution in [0, 0.1) is 42.2 Å². The number of benzene rings is 5. The molecule has 0 saturated heterocycles. The molecule has 0 amide bonds. The predicted molar refractivity (Wildman–Crippen MR) is 208 cm³/mol. The summed E-state index contributed by atoms with van der Waals surface area (Å²) in [5, 5.41) is 2.13. The Hall–Kier alpha value is -5.74. The van der Waals surface area contributed by atoms with Crippen molar-refractivity contribution in [3.63, 3.8) is 0 Å². The molecule has 5 aromatic rings. The molecule has 5 nitrogen and oxygen atoms in total. The predicted octanol–water partition coefficient (Wildman–Crippen LogP) is 9.45. The Kier molecular flexibility index (Phi) is 13.9. The van der Waals surface area contributed by atoms with Crippen LogP contribution in [0.4, 0.5) is 8.78 Å². The number of hydrogen-bond donors (Lipinski definition) is 0. The third-order valence-electron chi connectivity index (χ3n) is 7.67. The van der Waals surface area contributed by atoms with Crippen LogP contribution < -0.4 is 4.74 Å². The number of rotatable bonds is 13. The Balaban J connectivity index is 1.14. The topological polar surface area (TPSA) is 61.8 Å². The molecular weight excluding hydrogens is 711 g/mol. The van der Waals surface area contributed by atoms with Crippen LogP contribution >= 0.6 is 23.5 Å². The Morgan fingerprint density at radius 1 is 0.698 bits per heavy atom. The van der Waals surface area contributed by atoms with Crippen molar-refractivity contribution in [1.82, 2.24) is 0 Å². The summed E-state index contributed by atoms with van der Waals surface area (Å²) in [4.78, 5) is 23.4. The second kappa shape index (κ2) is 19.2. The van der Waals surface area contributed by atoms with Gasteiger partial charge < -0.3 is 14.2 Å². The van der Waals surface area contributed by atoms with Gasteiger partial charge in [-0.15, -0.1) is 23.5 Å². The first-order valence-corrected chi connectivity index (χ1v) is 18.4. The van der Waals surface area contributed by atoms with Crippen molar-refractivity contribution >= 4 is 46.2 Å².